The first-order valence-corrected chi connectivity index (χ1v) is 8.61. The first kappa shape index (κ1) is 14.9. The van der Waals surface area contributed by atoms with Crippen LogP contribution < -0.4 is 11.2 Å². The maximum atomic E-state index is 9.85. The van der Waals surface area contributed by atoms with Gasteiger partial charge in [-0.1, -0.05) is 24.3 Å². The molecule has 1 aromatic carbocycles. The fourth-order valence-electron chi connectivity index (χ4n) is 3.89. The molecular weight excluding hydrogens is 326 g/mol. The standard InChI is InChI=1S/C20H19N5O/c1-11-8-12(3-7-17(11)26)15-5-6-16-18-13(9-22-19(15)18)2-4-14-10-23-20(21)24-25(14)16/h2-4,6-10,15,22,26H,5H2,1H3,(H3,21,23,24). The molecule has 0 saturated carbocycles. The van der Waals surface area contributed by atoms with E-state index in [4.69, 9.17) is 5.73 Å². The van der Waals surface area contributed by atoms with Crippen LogP contribution in [0.2, 0.25) is 0 Å². The smallest absolute Gasteiger partial charge is 0.212 e. The molecule has 0 bridgehead atoms. The van der Waals surface area contributed by atoms with E-state index in [9.17, 15) is 5.11 Å². The van der Waals surface area contributed by atoms with Gasteiger partial charge in [-0.3, -0.25) is 10.4 Å². The molecule has 5 N–H and O–H groups in total. The van der Waals surface area contributed by atoms with Gasteiger partial charge < -0.3 is 15.8 Å². The third-order valence-electron chi connectivity index (χ3n) is 5.21. The van der Waals surface area contributed by atoms with Gasteiger partial charge in [0.25, 0.3) is 0 Å². The summed E-state index contributed by atoms with van der Waals surface area (Å²) in [5.41, 5.74) is 16.6. The number of rotatable bonds is 1. The van der Waals surface area contributed by atoms with E-state index in [1.54, 1.807) is 12.3 Å². The number of aliphatic imine (C=N–C) groups is 1. The van der Waals surface area contributed by atoms with Gasteiger partial charge in [-0.2, -0.15) is 0 Å². The maximum absolute atomic E-state index is 9.85. The second kappa shape index (κ2) is 5.29. The number of benzene rings is 1. The quantitative estimate of drug-likeness (QED) is 0.640. The third-order valence-corrected chi connectivity index (χ3v) is 5.21. The highest BCUT2D eigenvalue weighted by molar-refractivity contribution is 5.86. The number of aryl methyl sites for hydroxylation is 1. The minimum Gasteiger partial charge on any atom is -0.508 e. The Kier molecular flexibility index (Phi) is 3.03. The summed E-state index contributed by atoms with van der Waals surface area (Å²) in [7, 11) is 0. The fraction of sp³-hybridized carbons (Fsp3) is 0.150. The number of fused-ring (bicyclic) bond motifs is 2. The maximum Gasteiger partial charge on any atom is 0.212 e. The monoisotopic (exact) mass is 345 g/mol. The Labute approximate surface area is 151 Å². The number of aromatic amines is 1. The average molecular weight is 345 g/mol. The second-order valence-corrected chi connectivity index (χ2v) is 6.81. The predicted octanol–water partition coefficient (Wildman–Crippen LogP) is 2.91. The van der Waals surface area contributed by atoms with Crippen molar-refractivity contribution in [3.63, 3.8) is 0 Å². The van der Waals surface area contributed by atoms with E-state index in [1.807, 2.05) is 30.3 Å². The van der Waals surface area contributed by atoms with Crippen LogP contribution in [0.25, 0.3) is 11.8 Å². The van der Waals surface area contributed by atoms with Gasteiger partial charge in [-0.25, -0.2) is 4.99 Å². The zero-order chi connectivity index (χ0) is 17.8. The number of phenolic OH excluding ortho intramolecular Hbond substituents is 1. The fourth-order valence-corrected chi connectivity index (χ4v) is 3.89. The summed E-state index contributed by atoms with van der Waals surface area (Å²) in [5, 5.41) is 11.8. The van der Waals surface area contributed by atoms with Gasteiger partial charge >= 0.3 is 0 Å². The summed E-state index contributed by atoms with van der Waals surface area (Å²) >= 11 is 0. The van der Waals surface area contributed by atoms with Crippen molar-refractivity contribution in [1.29, 1.82) is 0 Å². The van der Waals surface area contributed by atoms with E-state index < -0.39 is 0 Å². The molecule has 1 aromatic heterocycles. The Bertz CT molecular complexity index is 1040. The van der Waals surface area contributed by atoms with Crippen molar-refractivity contribution in [2.45, 2.75) is 19.3 Å². The molecule has 6 nitrogen and oxygen atoms in total. The van der Waals surface area contributed by atoms with Crippen molar-refractivity contribution in [2.24, 2.45) is 10.7 Å². The molecule has 0 radical (unpaired) electrons. The van der Waals surface area contributed by atoms with Crippen LogP contribution in [0.3, 0.4) is 0 Å². The summed E-state index contributed by atoms with van der Waals surface area (Å²) in [5.74, 6) is 0.924. The molecule has 3 aliphatic rings. The Morgan fingerprint density at radius 3 is 3.04 bits per heavy atom. The number of nitrogens with zero attached hydrogens (tertiary/aromatic N) is 2. The average Bonchev–Trinajstić information content (AvgIpc) is 2.99. The number of aromatic nitrogens is 1. The number of H-pyrrole nitrogens is 1. The number of aromatic hydroxyl groups is 1. The second-order valence-electron chi connectivity index (χ2n) is 6.81. The minimum atomic E-state index is 0.219. The van der Waals surface area contributed by atoms with Gasteiger partial charge in [0.1, 0.15) is 5.75 Å². The van der Waals surface area contributed by atoms with Crippen LogP contribution in [0.15, 0.2) is 53.4 Å². The number of hydrogen-bond acceptors (Lipinski definition) is 5. The van der Waals surface area contributed by atoms with Crippen molar-refractivity contribution in [3.05, 3.63) is 76.4 Å². The number of hydrogen-bond donors (Lipinski definition) is 4. The highest BCUT2D eigenvalue weighted by Crippen LogP contribution is 2.44. The largest absolute Gasteiger partial charge is 0.508 e. The molecule has 5 rings (SSSR count). The molecular formula is C20H19N5O. The Balaban J connectivity index is 1.63. The van der Waals surface area contributed by atoms with Gasteiger partial charge in [0.2, 0.25) is 5.96 Å². The van der Waals surface area contributed by atoms with Gasteiger partial charge in [-0.15, -0.1) is 0 Å². The van der Waals surface area contributed by atoms with Crippen molar-refractivity contribution >= 4 is 17.7 Å². The van der Waals surface area contributed by atoms with Crippen LogP contribution in [0.5, 0.6) is 5.75 Å². The summed E-state index contributed by atoms with van der Waals surface area (Å²) < 4.78 is 0. The number of phenols is 1. The van der Waals surface area contributed by atoms with E-state index >= 15 is 0 Å². The first-order valence-electron chi connectivity index (χ1n) is 8.61. The number of hydrazine groups is 1. The van der Waals surface area contributed by atoms with E-state index in [1.165, 1.54) is 16.8 Å². The number of allylic oxidation sites excluding steroid dienone is 2. The summed E-state index contributed by atoms with van der Waals surface area (Å²) in [4.78, 5) is 7.64. The van der Waals surface area contributed by atoms with Crippen LogP contribution in [0.1, 0.15) is 40.3 Å². The SMILES string of the molecule is Cc1cc(C2CC=C3c4c(c[nH]c42)C=CC2=CN=C(N)NN23)ccc1O. The van der Waals surface area contributed by atoms with Crippen LogP contribution in [0.4, 0.5) is 0 Å². The van der Waals surface area contributed by atoms with Crippen molar-refractivity contribution < 1.29 is 5.11 Å². The Hall–Kier alpha value is -3.41. The molecule has 3 heterocycles. The molecule has 1 aliphatic carbocycles. The zero-order valence-corrected chi connectivity index (χ0v) is 14.3. The minimum absolute atomic E-state index is 0.219. The Morgan fingerprint density at radius 1 is 1.31 bits per heavy atom. The predicted molar refractivity (Wildman–Crippen MR) is 102 cm³/mol. The number of nitrogens with two attached hydrogens (primary N) is 1. The normalized spacial score (nSPS) is 20.3. The van der Waals surface area contributed by atoms with Gasteiger partial charge in [0.05, 0.1) is 17.6 Å². The molecule has 2 aliphatic heterocycles. The lowest BCUT2D eigenvalue weighted by Crippen LogP contribution is -2.46. The topological polar surface area (TPSA) is 89.7 Å². The van der Waals surface area contributed by atoms with E-state index in [0.717, 1.165) is 28.9 Å². The van der Waals surface area contributed by atoms with E-state index in [2.05, 4.69) is 33.6 Å². The van der Waals surface area contributed by atoms with Crippen LogP contribution in [-0.2, 0) is 0 Å². The molecule has 0 amide bonds. The molecule has 2 aromatic rings. The molecule has 0 fully saturated rings. The molecule has 6 heteroatoms. The lowest BCUT2D eigenvalue weighted by molar-refractivity contribution is 0.439. The highest BCUT2D eigenvalue weighted by atomic mass is 16.3. The number of nitrogens with one attached hydrogen (secondary N) is 2. The zero-order valence-electron chi connectivity index (χ0n) is 14.3. The van der Waals surface area contributed by atoms with Crippen molar-refractivity contribution in [3.8, 4) is 5.75 Å². The van der Waals surface area contributed by atoms with Gasteiger partial charge in [-0.05, 0) is 36.6 Å². The van der Waals surface area contributed by atoms with E-state index in [0.29, 0.717) is 11.7 Å². The van der Waals surface area contributed by atoms with Gasteiger partial charge in [0, 0.05) is 28.9 Å². The lowest BCUT2D eigenvalue weighted by atomic mass is 9.84. The summed E-state index contributed by atoms with van der Waals surface area (Å²) in [6.45, 7) is 1.93. The molecule has 1 atom stereocenters. The molecule has 1 unspecified atom stereocenters. The summed E-state index contributed by atoms with van der Waals surface area (Å²) in [6, 6.07) is 5.84. The van der Waals surface area contributed by atoms with Crippen LogP contribution >= 0.6 is 0 Å². The molecule has 26 heavy (non-hydrogen) atoms. The highest BCUT2D eigenvalue weighted by Gasteiger charge is 2.32. The summed E-state index contributed by atoms with van der Waals surface area (Å²) in [6.07, 6.45) is 11.0. The Morgan fingerprint density at radius 2 is 2.19 bits per heavy atom. The first-order chi connectivity index (χ1) is 12.6. The lowest BCUT2D eigenvalue weighted by Gasteiger charge is -2.33. The molecule has 0 spiro atoms. The molecule has 130 valence electrons. The van der Waals surface area contributed by atoms with Crippen molar-refractivity contribution in [2.75, 3.05) is 0 Å². The van der Waals surface area contributed by atoms with Gasteiger partial charge in [0.15, 0.2) is 0 Å². The molecule has 0 saturated heterocycles. The third kappa shape index (κ3) is 2.08. The van der Waals surface area contributed by atoms with Crippen molar-refractivity contribution in [1.82, 2.24) is 15.4 Å². The van der Waals surface area contributed by atoms with Crippen LogP contribution in [-0.4, -0.2) is 21.1 Å². The van der Waals surface area contributed by atoms with E-state index in [-0.39, 0.29) is 5.92 Å². The number of guanidine groups is 1. The van der Waals surface area contributed by atoms with Crippen LogP contribution in [0, 0.1) is 6.92 Å².